The number of allylic oxidation sites excluding steroid dienone is 2. The quantitative estimate of drug-likeness (QED) is 0.409. The number of likely N-dealkylation sites (tertiary alicyclic amines) is 1. The fourth-order valence-corrected chi connectivity index (χ4v) is 5.34. The van der Waals surface area contributed by atoms with Gasteiger partial charge in [-0.3, -0.25) is 9.78 Å². The summed E-state index contributed by atoms with van der Waals surface area (Å²) in [6.07, 6.45) is 11.0. The van der Waals surface area contributed by atoms with Crippen LogP contribution in [0.3, 0.4) is 0 Å². The van der Waals surface area contributed by atoms with E-state index in [4.69, 9.17) is 10.7 Å². The van der Waals surface area contributed by atoms with Crippen LogP contribution in [0.4, 0.5) is 5.69 Å². The summed E-state index contributed by atoms with van der Waals surface area (Å²) in [4.78, 5) is 20.5. The number of carbonyl (C=O) groups excluding carboxylic acids is 1. The Kier molecular flexibility index (Phi) is 10.0. The van der Waals surface area contributed by atoms with E-state index < -0.39 is 0 Å². The van der Waals surface area contributed by atoms with E-state index in [0.717, 1.165) is 44.5 Å². The van der Waals surface area contributed by atoms with Gasteiger partial charge in [0.25, 0.3) is 0 Å². The molecule has 0 radical (unpaired) electrons. The van der Waals surface area contributed by atoms with Crippen molar-refractivity contribution >= 4 is 12.0 Å². The highest BCUT2D eigenvalue weighted by Gasteiger charge is 2.29. The zero-order valence-electron chi connectivity index (χ0n) is 22.1. The molecule has 3 heterocycles. The predicted molar refractivity (Wildman–Crippen MR) is 153 cm³/mol. The highest BCUT2D eigenvalue weighted by molar-refractivity contribution is 5.74. The molecular formula is C32H40N4O. The third-order valence-corrected chi connectivity index (χ3v) is 7.30. The molecule has 0 spiro atoms. The van der Waals surface area contributed by atoms with Gasteiger partial charge < -0.3 is 15.5 Å². The smallest absolute Gasteiger partial charge is 0.150 e. The van der Waals surface area contributed by atoms with Crippen molar-refractivity contribution in [3.63, 3.8) is 0 Å². The van der Waals surface area contributed by atoms with Crippen LogP contribution >= 0.6 is 0 Å². The fraction of sp³-hybridized carbons (Fsp3) is 0.375. The van der Waals surface area contributed by atoms with Crippen LogP contribution in [0, 0.1) is 0 Å². The summed E-state index contributed by atoms with van der Waals surface area (Å²) < 4.78 is 0. The minimum atomic E-state index is 0.330. The van der Waals surface area contributed by atoms with Crippen molar-refractivity contribution in [1.29, 1.82) is 0 Å². The number of rotatable bonds is 7. The van der Waals surface area contributed by atoms with Gasteiger partial charge in [-0.2, -0.15) is 0 Å². The summed E-state index contributed by atoms with van der Waals surface area (Å²) in [5.74, 6) is 0.330. The van der Waals surface area contributed by atoms with E-state index in [9.17, 15) is 4.79 Å². The second kappa shape index (κ2) is 13.9. The van der Waals surface area contributed by atoms with Crippen molar-refractivity contribution in [2.45, 2.75) is 51.5 Å². The Labute approximate surface area is 222 Å². The maximum atomic E-state index is 10.9. The van der Waals surface area contributed by atoms with Gasteiger partial charge in [0.15, 0.2) is 0 Å². The normalized spacial score (nSPS) is 18.6. The topological polar surface area (TPSA) is 62.5 Å². The molecule has 3 aromatic rings. The van der Waals surface area contributed by atoms with Crippen LogP contribution in [0.1, 0.15) is 65.7 Å². The lowest BCUT2D eigenvalue weighted by Crippen LogP contribution is -2.33. The number of carbonyl (C=O) groups is 1. The van der Waals surface area contributed by atoms with Gasteiger partial charge in [-0.05, 0) is 69.0 Å². The van der Waals surface area contributed by atoms with Crippen molar-refractivity contribution in [3.8, 4) is 0 Å². The molecule has 0 aliphatic carbocycles. The van der Waals surface area contributed by atoms with Gasteiger partial charge in [-0.1, -0.05) is 67.1 Å². The van der Waals surface area contributed by atoms with E-state index >= 15 is 0 Å². The van der Waals surface area contributed by atoms with Crippen LogP contribution in [0.2, 0.25) is 0 Å². The molecule has 194 valence electrons. The third kappa shape index (κ3) is 7.37. The predicted octanol–water partition coefficient (Wildman–Crippen LogP) is 5.97. The minimum absolute atomic E-state index is 0.330. The summed E-state index contributed by atoms with van der Waals surface area (Å²) in [5.41, 5.74) is 12.3. The largest absolute Gasteiger partial charge is 0.340 e. The van der Waals surface area contributed by atoms with E-state index in [2.05, 4.69) is 71.3 Å². The number of benzene rings is 2. The SMILES string of the molecule is C/C=C1/CC(Cc2ccc(C=O)cc2)c2ncccc2N1Cc1ccccc1.NCCN1CCCCC1. The van der Waals surface area contributed by atoms with E-state index in [0.29, 0.717) is 11.5 Å². The Bertz CT molecular complexity index is 1130. The zero-order valence-corrected chi connectivity index (χ0v) is 22.1. The molecule has 5 rings (SSSR count). The number of hydrogen-bond acceptors (Lipinski definition) is 5. The maximum absolute atomic E-state index is 10.9. The molecule has 2 N–H and O–H groups in total. The molecule has 5 nitrogen and oxygen atoms in total. The molecule has 0 amide bonds. The van der Waals surface area contributed by atoms with Crippen molar-refractivity contribution in [2.24, 2.45) is 5.73 Å². The molecule has 0 saturated carbocycles. The number of hydrogen-bond donors (Lipinski definition) is 1. The monoisotopic (exact) mass is 496 g/mol. The highest BCUT2D eigenvalue weighted by atomic mass is 16.1. The molecule has 5 heteroatoms. The van der Waals surface area contributed by atoms with Crippen molar-refractivity contribution in [1.82, 2.24) is 9.88 Å². The number of pyridine rings is 1. The van der Waals surface area contributed by atoms with Crippen LogP contribution in [-0.4, -0.2) is 42.3 Å². The van der Waals surface area contributed by atoms with Crippen LogP contribution in [-0.2, 0) is 13.0 Å². The molecule has 1 fully saturated rings. The zero-order chi connectivity index (χ0) is 25.9. The number of piperidine rings is 1. The first-order valence-corrected chi connectivity index (χ1v) is 13.6. The van der Waals surface area contributed by atoms with Crippen LogP contribution in [0.5, 0.6) is 0 Å². The molecule has 1 atom stereocenters. The average Bonchev–Trinajstić information content (AvgIpc) is 2.96. The van der Waals surface area contributed by atoms with Crippen molar-refractivity contribution in [3.05, 3.63) is 107 Å². The lowest BCUT2D eigenvalue weighted by molar-refractivity contribution is 0.112. The first kappa shape index (κ1) is 26.8. The van der Waals surface area contributed by atoms with E-state index in [1.807, 2.05) is 24.4 Å². The number of aldehydes is 1. The molecular weight excluding hydrogens is 456 g/mol. The van der Waals surface area contributed by atoms with Gasteiger partial charge in [-0.25, -0.2) is 0 Å². The molecule has 1 unspecified atom stereocenters. The van der Waals surface area contributed by atoms with Gasteiger partial charge in [0, 0.05) is 43.0 Å². The third-order valence-electron chi connectivity index (χ3n) is 7.30. The van der Waals surface area contributed by atoms with E-state index in [1.165, 1.54) is 54.9 Å². The summed E-state index contributed by atoms with van der Waals surface area (Å²) in [6.45, 7) is 7.43. The van der Waals surface area contributed by atoms with Crippen LogP contribution in [0.25, 0.3) is 0 Å². The Morgan fingerprint density at radius 3 is 2.38 bits per heavy atom. The average molecular weight is 497 g/mol. The molecule has 1 aromatic heterocycles. The number of fused-ring (bicyclic) bond motifs is 1. The lowest BCUT2D eigenvalue weighted by Gasteiger charge is -2.37. The fourth-order valence-electron chi connectivity index (χ4n) is 5.34. The van der Waals surface area contributed by atoms with Gasteiger partial charge in [0.2, 0.25) is 0 Å². The van der Waals surface area contributed by atoms with Gasteiger partial charge in [-0.15, -0.1) is 0 Å². The number of nitrogens with zero attached hydrogens (tertiary/aromatic N) is 3. The van der Waals surface area contributed by atoms with Crippen LogP contribution < -0.4 is 10.6 Å². The number of aromatic nitrogens is 1. The number of anilines is 1. The molecule has 2 aromatic carbocycles. The molecule has 37 heavy (non-hydrogen) atoms. The first-order chi connectivity index (χ1) is 18.2. The standard InChI is InChI=1S/C25H24N2O.C7H16N2/c1-2-23-16-22(15-19-10-12-21(18-28)13-11-19)25-24(9-6-14-26-25)27(23)17-20-7-4-3-5-8-20;8-4-7-9-5-2-1-3-6-9/h2-14,18,22H,15-17H2,1H3;1-8H2/b23-2-;. The number of nitrogens with two attached hydrogens (primary N) is 1. The summed E-state index contributed by atoms with van der Waals surface area (Å²) in [5, 5.41) is 0. The van der Waals surface area contributed by atoms with E-state index in [1.54, 1.807) is 0 Å². The summed E-state index contributed by atoms with van der Waals surface area (Å²) in [7, 11) is 0. The Morgan fingerprint density at radius 1 is 0.946 bits per heavy atom. The molecule has 1 saturated heterocycles. The Hall–Kier alpha value is -3.28. The van der Waals surface area contributed by atoms with Crippen LogP contribution in [0.15, 0.2) is 84.7 Å². The molecule has 2 aliphatic rings. The van der Waals surface area contributed by atoms with Gasteiger partial charge in [0.05, 0.1) is 11.4 Å². The van der Waals surface area contributed by atoms with Crippen molar-refractivity contribution < 1.29 is 4.79 Å². The van der Waals surface area contributed by atoms with E-state index in [-0.39, 0.29) is 0 Å². The summed E-state index contributed by atoms with van der Waals surface area (Å²) >= 11 is 0. The second-order valence-electron chi connectivity index (χ2n) is 9.92. The summed E-state index contributed by atoms with van der Waals surface area (Å²) in [6, 6.07) is 22.7. The molecule has 0 bridgehead atoms. The lowest BCUT2D eigenvalue weighted by atomic mass is 9.86. The van der Waals surface area contributed by atoms with Gasteiger partial charge in [0.1, 0.15) is 6.29 Å². The minimum Gasteiger partial charge on any atom is -0.340 e. The maximum Gasteiger partial charge on any atom is 0.150 e. The second-order valence-corrected chi connectivity index (χ2v) is 9.92. The highest BCUT2D eigenvalue weighted by Crippen LogP contribution is 2.41. The molecule has 2 aliphatic heterocycles. The van der Waals surface area contributed by atoms with Gasteiger partial charge >= 0.3 is 0 Å². The Balaban J connectivity index is 0.000000301. The first-order valence-electron chi connectivity index (χ1n) is 13.6. The van der Waals surface area contributed by atoms with Crippen molar-refractivity contribution in [2.75, 3.05) is 31.1 Å². The Morgan fingerprint density at radius 2 is 1.70 bits per heavy atom.